The Bertz CT molecular complexity index is 354. The molecule has 18 heavy (non-hydrogen) atoms. The van der Waals surface area contributed by atoms with Gasteiger partial charge in [-0.2, -0.15) is 0 Å². The quantitative estimate of drug-likeness (QED) is 0.887. The summed E-state index contributed by atoms with van der Waals surface area (Å²) in [5.74, 6) is 0.934. The van der Waals surface area contributed by atoms with Crippen molar-refractivity contribution in [2.24, 2.45) is 5.92 Å². The van der Waals surface area contributed by atoms with Crippen LogP contribution in [0.25, 0.3) is 0 Å². The second-order valence-corrected chi connectivity index (χ2v) is 6.58. The lowest BCUT2D eigenvalue weighted by molar-refractivity contribution is 0.395. The summed E-state index contributed by atoms with van der Waals surface area (Å²) in [5.41, 5.74) is 0. The number of rotatable bonds is 5. The molecule has 0 saturated carbocycles. The Morgan fingerprint density at radius 1 is 1.44 bits per heavy atom. The van der Waals surface area contributed by atoms with Crippen molar-refractivity contribution in [3.05, 3.63) is 11.1 Å². The average molecular weight is 267 g/mol. The first-order chi connectivity index (χ1) is 8.69. The highest BCUT2D eigenvalue weighted by molar-refractivity contribution is 7.15. The lowest BCUT2D eigenvalue weighted by atomic mass is 9.95. The van der Waals surface area contributed by atoms with Crippen molar-refractivity contribution in [1.82, 2.24) is 10.3 Å². The molecule has 1 aromatic heterocycles. The topological polar surface area (TPSA) is 28.2 Å². The van der Waals surface area contributed by atoms with Crippen molar-refractivity contribution in [3.63, 3.8) is 0 Å². The molecule has 0 atom stereocenters. The van der Waals surface area contributed by atoms with Crippen molar-refractivity contribution in [2.75, 3.05) is 18.0 Å². The predicted molar refractivity (Wildman–Crippen MR) is 79.3 cm³/mol. The maximum Gasteiger partial charge on any atom is 0.185 e. The highest BCUT2D eigenvalue weighted by atomic mass is 32.1. The zero-order valence-electron chi connectivity index (χ0n) is 11.8. The first kappa shape index (κ1) is 13.8. The van der Waals surface area contributed by atoms with E-state index in [9.17, 15) is 0 Å². The Balaban J connectivity index is 1.86. The minimum absolute atomic E-state index is 0.538. The fourth-order valence-corrected chi connectivity index (χ4v) is 3.27. The van der Waals surface area contributed by atoms with Crippen LogP contribution in [0.1, 0.15) is 44.9 Å². The standard InChI is InChI=1S/C14H25N3S/c1-4-12-5-7-17(8-6-12)14-16-10-13(18-14)9-15-11(2)3/h10-12,15H,4-9H2,1-3H3. The van der Waals surface area contributed by atoms with Gasteiger partial charge in [-0.15, -0.1) is 11.3 Å². The van der Waals surface area contributed by atoms with E-state index in [1.165, 1.54) is 42.4 Å². The van der Waals surface area contributed by atoms with Gasteiger partial charge in [0.1, 0.15) is 0 Å². The van der Waals surface area contributed by atoms with Crippen LogP contribution in [0.15, 0.2) is 6.20 Å². The molecule has 0 unspecified atom stereocenters. The van der Waals surface area contributed by atoms with Gasteiger partial charge in [-0.1, -0.05) is 27.2 Å². The van der Waals surface area contributed by atoms with Crippen molar-refractivity contribution in [3.8, 4) is 0 Å². The van der Waals surface area contributed by atoms with Crippen LogP contribution in [0.2, 0.25) is 0 Å². The largest absolute Gasteiger partial charge is 0.348 e. The molecule has 1 fully saturated rings. The molecule has 0 aliphatic carbocycles. The maximum atomic E-state index is 4.57. The zero-order chi connectivity index (χ0) is 13.0. The van der Waals surface area contributed by atoms with Gasteiger partial charge in [-0.05, 0) is 18.8 Å². The molecule has 1 N–H and O–H groups in total. The predicted octanol–water partition coefficient (Wildman–Crippen LogP) is 3.27. The molecule has 1 aliphatic heterocycles. The molecule has 0 spiro atoms. The number of aromatic nitrogens is 1. The molecule has 0 amide bonds. The minimum Gasteiger partial charge on any atom is -0.348 e. The first-order valence-corrected chi connectivity index (χ1v) is 7.93. The second kappa shape index (κ2) is 6.53. The van der Waals surface area contributed by atoms with Crippen molar-refractivity contribution in [1.29, 1.82) is 0 Å². The molecule has 1 aromatic rings. The highest BCUT2D eigenvalue weighted by Gasteiger charge is 2.19. The number of anilines is 1. The molecule has 0 bridgehead atoms. The van der Waals surface area contributed by atoms with Crippen LogP contribution in [0.4, 0.5) is 5.13 Å². The monoisotopic (exact) mass is 267 g/mol. The van der Waals surface area contributed by atoms with Crippen LogP contribution in [-0.2, 0) is 6.54 Å². The third kappa shape index (κ3) is 3.69. The summed E-state index contributed by atoms with van der Waals surface area (Å²) in [4.78, 5) is 8.37. The average Bonchev–Trinajstić information content (AvgIpc) is 2.85. The van der Waals surface area contributed by atoms with Crippen LogP contribution in [0.5, 0.6) is 0 Å². The van der Waals surface area contributed by atoms with Gasteiger partial charge >= 0.3 is 0 Å². The molecule has 1 saturated heterocycles. The van der Waals surface area contributed by atoms with E-state index in [0.717, 1.165) is 12.5 Å². The van der Waals surface area contributed by atoms with Crippen LogP contribution in [0.3, 0.4) is 0 Å². The van der Waals surface area contributed by atoms with Crippen LogP contribution >= 0.6 is 11.3 Å². The number of nitrogens with one attached hydrogen (secondary N) is 1. The molecule has 2 rings (SSSR count). The van der Waals surface area contributed by atoms with E-state index in [4.69, 9.17) is 0 Å². The minimum atomic E-state index is 0.538. The van der Waals surface area contributed by atoms with Gasteiger partial charge < -0.3 is 10.2 Å². The molecule has 2 heterocycles. The van der Waals surface area contributed by atoms with Gasteiger partial charge in [0.05, 0.1) is 0 Å². The van der Waals surface area contributed by atoms with E-state index in [1.54, 1.807) is 0 Å². The summed E-state index contributed by atoms with van der Waals surface area (Å²) in [6.45, 7) is 9.97. The van der Waals surface area contributed by atoms with Crippen LogP contribution in [-0.4, -0.2) is 24.1 Å². The van der Waals surface area contributed by atoms with E-state index in [0.29, 0.717) is 6.04 Å². The second-order valence-electron chi connectivity index (χ2n) is 5.48. The van der Waals surface area contributed by atoms with E-state index in [2.05, 4.69) is 36.0 Å². The van der Waals surface area contributed by atoms with E-state index in [-0.39, 0.29) is 0 Å². The lowest BCUT2D eigenvalue weighted by Gasteiger charge is -2.31. The maximum absolute atomic E-state index is 4.57. The summed E-state index contributed by atoms with van der Waals surface area (Å²) in [7, 11) is 0. The van der Waals surface area contributed by atoms with Gasteiger partial charge in [0.15, 0.2) is 5.13 Å². The number of hydrogen-bond acceptors (Lipinski definition) is 4. The molecule has 0 radical (unpaired) electrons. The number of nitrogens with zero attached hydrogens (tertiary/aromatic N) is 2. The number of thiazole rings is 1. The third-order valence-corrected chi connectivity index (χ3v) is 4.75. The normalized spacial score (nSPS) is 17.7. The Morgan fingerprint density at radius 3 is 2.78 bits per heavy atom. The fourth-order valence-electron chi connectivity index (χ4n) is 2.36. The van der Waals surface area contributed by atoms with Crippen molar-refractivity contribution < 1.29 is 0 Å². The lowest BCUT2D eigenvalue weighted by Crippen LogP contribution is -2.33. The van der Waals surface area contributed by atoms with Gasteiger partial charge in [-0.3, -0.25) is 0 Å². The molecule has 1 aliphatic rings. The van der Waals surface area contributed by atoms with Crippen LogP contribution in [0, 0.1) is 5.92 Å². The molecule has 0 aromatic carbocycles. The van der Waals surface area contributed by atoms with E-state index in [1.807, 2.05) is 17.5 Å². The Hall–Kier alpha value is -0.610. The van der Waals surface area contributed by atoms with E-state index < -0.39 is 0 Å². The van der Waals surface area contributed by atoms with Crippen LogP contribution < -0.4 is 10.2 Å². The molecule has 4 heteroatoms. The summed E-state index contributed by atoms with van der Waals surface area (Å²) >= 11 is 1.84. The third-order valence-electron chi connectivity index (χ3n) is 3.69. The van der Waals surface area contributed by atoms with Gasteiger partial charge in [0.25, 0.3) is 0 Å². The molecule has 102 valence electrons. The number of hydrogen-bond donors (Lipinski definition) is 1. The summed E-state index contributed by atoms with van der Waals surface area (Å²) in [5, 5.41) is 4.66. The summed E-state index contributed by atoms with van der Waals surface area (Å²) < 4.78 is 0. The van der Waals surface area contributed by atoms with Gasteiger partial charge in [0.2, 0.25) is 0 Å². The first-order valence-electron chi connectivity index (χ1n) is 7.12. The highest BCUT2D eigenvalue weighted by Crippen LogP contribution is 2.28. The molecule has 3 nitrogen and oxygen atoms in total. The SMILES string of the molecule is CCC1CCN(c2ncc(CNC(C)C)s2)CC1. The van der Waals surface area contributed by atoms with Gasteiger partial charge in [0, 0.05) is 36.8 Å². The fraction of sp³-hybridized carbons (Fsp3) is 0.786. The molecular weight excluding hydrogens is 242 g/mol. The van der Waals surface area contributed by atoms with Crippen molar-refractivity contribution >= 4 is 16.5 Å². The number of piperidine rings is 1. The Morgan fingerprint density at radius 2 is 2.17 bits per heavy atom. The van der Waals surface area contributed by atoms with E-state index >= 15 is 0 Å². The zero-order valence-corrected chi connectivity index (χ0v) is 12.6. The Kier molecular flexibility index (Phi) is 5.01. The smallest absolute Gasteiger partial charge is 0.185 e. The summed E-state index contributed by atoms with van der Waals surface area (Å²) in [6.07, 6.45) is 6.02. The summed E-state index contributed by atoms with van der Waals surface area (Å²) in [6, 6.07) is 0.538. The van der Waals surface area contributed by atoms with Crippen molar-refractivity contribution in [2.45, 2.75) is 52.6 Å². The van der Waals surface area contributed by atoms with Gasteiger partial charge in [-0.25, -0.2) is 4.98 Å². The Labute approximate surface area is 115 Å². The molecular formula is C14H25N3S.